The first-order chi connectivity index (χ1) is 18.3. The van der Waals surface area contributed by atoms with Gasteiger partial charge in [-0.25, -0.2) is 4.98 Å². The molecule has 0 aromatic carbocycles. The lowest BCUT2D eigenvalue weighted by molar-refractivity contribution is -0.503. The van der Waals surface area contributed by atoms with E-state index in [9.17, 15) is 17.3 Å². The highest BCUT2D eigenvalue weighted by atomic mass is 32.2. The summed E-state index contributed by atoms with van der Waals surface area (Å²) in [5, 5.41) is 2.42. The van der Waals surface area contributed by atoms with Crippen LogP contribution in [0, 0.1) is 0 Å². The summed E-state index contributed by atoms with van der Waals surface area (Å²) in [7, 11) is -6.00. The number of likely N-dealkylation sites (tertiary alicyclic amines) is 1. The first-order valence-corrected chi connectivity index (χ1v) is 15.4. The number of nitrogens with zero attached hydrogens (tertiary/aromatic N) is 6. The Morgan fingerprint density at radius 3 is 1.92 bits per heavy atom. The Hall–Kier alpha value is -2.02. The molecule has 1 aromatic rings. The number of hydrogen-bond donors (Lipinski definition) is 0. The highest BCUT2D eigenvalue weighted by Crippen LogP contribution is 2.37. The number of thioether (sulfide) groups is 1. The molecule has 0 spiro atoms. The van der Waals surface area contributed by atoms with Crippen LogP contribution < -0.4 is 9.80 Å². The molecule has 1 aromatic heterocycles. The molecule has 5 aliphatic heterocycles. The molecule has 13 heteroatoms. The molecule has 6 nitrogen and oxygen atoms in total. The van der Waals surface area contributed by atoms with Crippen LogP contribution in [0.25, 0.3) is 6.08 Å². The van der Waals surface area contributed by atoms with E-state index in [2.05, 4.69) is 37.5 Å². The molecule has 6 heterocycles. The summed E-state index contributed by atoms with van der Waals surface area (Å²) in [5.41, 5.74) is 0. The van der Waals surface area contributed by atoms with Gasteiger partial charge >= 0.3 is 12.4 Å². The molecule has 0 bridgehead atoms. The fourth-order valence-electron chi connectivity index (χ4n) is 5.46. The second kappa shape index (κ2) is 12.4. The Morgan fingerprint density at radius 1 is 0.763 bits per heavy atom. The number of halogens is 4. The van der Waals surface area contributed by atoms with Crippen LogP contribution in [-0.2, 0) is 0 Å². The number of allylic oxidation sites excluding steroid dienone is 2. The molecule has 4 fully saturated rings. The van der Waals surface area contributed by atoms with Crippen LogP contribution in [0.15, 0.2) is 22.0 Å². The quantitative estimate of drug-likeness (QED) is 0.255. The van der Waals surface area contributed by atoms with E-state index in [-0.39, 0.29) is 0 Å². The van der Waals surface area contributed by atoms with E-state index in [1.807, 2.05) is 23.1 Å². The molecular weight excluding hydrogens is 535 g/mol. The van der Waals surface area contributed by atoms with Crippen LogP contribution >= 0.6 is 23.1 Å². The maximum Gasteiger partial charge on any atom is 0.673 e. The van der Waals surface area contributed by atoms with Crippen LogP contribution in [0.4, 0.5) is 28.2 Å². The van der Waals surface area contributed by atoms with E-state index in [0.717, 1.165) is 52.4 Å². The number of aliphatic imine (C=N–C) groups is 1. The smallest absolute Gasteiger partial charge is 0.418 e. The van der Waals surface area contributed by atoms with Gasteiger partial charge in [0.2, 0.25) is 0 Å². The third-order valence-corrected chi connectivity index (χ3v) is 9.45. The maximum absolute atomic E-state index is 9.75. The van der Waals surface area contributed by atoms with Crippen LogP contribution in [0.5, 0.6) is 0 Å². The summed E-state index contributed by atoms with van der Waals surface area (Å²) in [5.74, 6) is 2.40. The molecular formula is C25H35BF4N6S2. The molecule has 0 atom stereocenters. The van der Waals surface area contributed by atoms with Crippen molar-refractivity contribution in [1.29, 1.82) is 0 Å². The summed E-state index contributed by atoms with van der Waals surface area (Å²) in [6.45, 7) is 9.18. The van der Waals surface area contributed by atoms with Crippen molar-refractivity contribution in [3.8, 4) is 0 Å². The Bertz CT molecular complexity index is 1080. The molecule has 0 saturated carbocycles. The zero-order valence-corrected chi connectivity index (χ0v) is 23.3. The molecule has 208 valence electrons. The first-order valence-electron chi connectivity index (χ1n) is 13.8. The van der Waals surface area contributed by atoms with Gasteiger partial charge in [0.05, 0.1) is 22.9 Å². The number of amidine groups is 2. The average Bonchev–Trinajstić information content (AvgIpc) is 3.72. The normalized spacial score (nSPS) is 23.4. The molecule has 0 N–H and O–H groups in total. The fraction of sp³-hybridized carbons (Fsp3) is 0.640. The van der Waals surface area contributed by atoms with Crippen molar-refractivity contribution in [1.82, 2.24) is 9.88 Å². The number of anilines is 2. The van der Waals surface area contributed by atoms with Crippen molar-refractivity contribution in [2.24, 2.45) is 4.99 Å². The number of aromatic nitrogens is 1. The Labute approximate surface area is 230 Å². The highest BCUT2D eigenvalue weighted by molar-refractivity contribution is 8.18. The minimum Gasteiger partial charge on any atom is -0.418 e. The van der Waals surface area contributed by atoms with E-state index in [1.165, 1.54) is 83.1 Å². The molecule has 6 rings (SSSR count). The van der Waals surface area contributed by atoms with Gasteiger partial charge in [-0.1, -0.05) is 17.4 Å². The molecule has 0 aliphatic carbocycles. The van der Waals surface area contributed by atoms with Gasteiger partial charge in [0.15, 0.2) is 5.13 Å². The average molecular weight is 571 g/mol. The van der Waals surface area contributed by atoms with Crippen LogP contribution in [0.3, 0.4) is 0 Å². The maximum atomic E-state index is 9.75. The van der Waals surface area contributed by atoms with E-state index in [4.69, 9.17) is 9.98 Å². The number of thiazole rings is 1. The SMILES string of the molecule is C(/C=C/c1sc(N2CCCC2)nc1N1CCCC1)=C1/SC(=[N+]2CCCC2)N=C1N1CCCC1.F[B-](F)(F)F. The van der Waals surface area contributed by atoms with Crippen molar-refractivity contribution in [2.45, 2.75) is 51.4 Å². The summed E-state index contributed by atoms with van der Waals surface area (Å²) in [6.07, 6.45) is 17.2. The van der Waals surface area contributed by atoms with Gasteiger partial charge < -0.3 is 32.0 Å². The van der Waals surface area contributed by atoms with E-state index < -0.39 is 7.25 Å². The summed E-state index contributed by atoms with van der Waals surface area (Å²) >= 11 is 3.74. The van der Waals surface area contributed by atoms with Crippen molar-refractivity contribution in [3.63, 3.8) is 0 Å². The molecule has 38 heavy (non-hydrogen) atoms. The lowest BCUT2D eigenvalue weighted by atomic mass is 10.3. The third kappa shape index (κ3) is 7.14. The van der Waals surface area contributed by atoms with Crippen molar-refractivity contribution in [2.75, 3.05) is 62.2 Å². The predicted molar refractivity (Wildman–Crippen MR) is 152 cm³/mol. The number of hydrogen-bond acceptors (Lipinski definition) is 6. The van der Waals surface area contributed by atoms with Gasteiger partial charge in [-0.05, 0) is 68.5 Å². The molecule has 0 unspecified atom stereocenters. The largest absolute Gasteiger partial charge is 0.673 e. The summed E-state index contributed by atoms with van der Waals surface area (Å²) < 4.78 is 41.5. The first kappa shape index (κ1) is 27.5. The second-order valence-electron chi connectivity index (χ2n) is 10.2. The molecule has 5 aliphatic rings. The minimum absolute atomic E-state index is 1.14. The Morgan fingerprint density at radius 2 is 1.32 bits per heavy atom. The third-order valence-electron chi connectivity index (χ3n) is 7.31. The van der Waals surface area contributed by atoms with Crippen LogP contribution in [-0.4, -0.2) is 85.1 Å². The zero-order chi connectivity index (χ0) is 26.5. The van der Waals surface area contributed by atoms with E-state index in [1.54, 1.807) is 0 Å². The lowest BCUT2D eigenvalue weighted by Gasteiger charge is -2.16. The minimum atomic E-state index is -6.00. The monoisotopic (exact) mass is 570 g/mol. The summed E-state index contributed by atoms with van der Waals surface area (Å²) in [4.78, 5) is 20.3. The number of rotatable bonds is 4. The highest BCUT2D eigenvalue weighted by Gasteiger charge is 2.36. The molecule has 0 amide bonds. The van der Waals surface area contributed by atoms with Gasteiger partial charge in [-0.3, -0.25) is 4.58 Å². The van der Waals surface area contributed by atoms with Gasteiger partial charge in [-0.15, -0.1) is 0 Å². The second-order valence-corrected chi connectivity index (χ2v) is 12.2. The standard InChI is InChI=1S/C25H35N6S2.BF4/c1-2-13-28(12-1)22-20(32-24(26-22)30-16-5-6-17-30)10-9-11-21-23(29-14-3-4-15-29)27-25(33-21)31-18-7-8-19-31;2-1(3,4)5/h9-11H,1-8,12-19H2;/q+1;-1. The van der Waals surface area contributed by atoms with E-state index >= 15 is 0 Å². The topological polar surface area (TPSA) is 38.0 Å². The van der Waals surface area contributed by atoms with Gasteiger partial charge in [0.25, 0.3) is 5.84 Å². The Kier molecular flexibility index (Phi) is 9.02. The fourth-order valence-corrected chi connectivity index (χ4v) is 7.57. The van der Waals surface area contributed by atoms with Gasteiger partial charge in [0.1, 0.15) is 5.82 Å². The zero-order valence-electron chi connectivity index (χ0n) is 21.6. The van der Waals surface area contributed by atoms with E-state index in [0.29, 0.717) is 0 Å². The predicted octanol–water partition coefficient (Wildman–Crippen LogP) is 5.94. The van der Waals surface area contributed by atoms with Crippen LogP contribution in [0.1, 0.15) is 56.2 Å². The lowest BCUT2D eigenvalue weighted by Crippen LogP contribution is -2.27. The molecule has 0 radical (unpaired) electrons. The molecule has 4 saturated heterocycles. The summed E-state index contributed by atoms with van der Waals surface area (Å²) in [6, 6.07) is 0. The van der Waals surface area contributed by atoms with Crippen molar-refractivity contribution in [3.05, 3.63) is 21.9 Å². The van der Waals surface area contributed by atoms with Crippen molar-refractivity contribution >= 4 is 58.4 Å². The van der Waals surface area contributed by atoms with Gasteiger partial charge in [-0.2, -0.15) is 0 Å². The van der Waals surface area contributed by atoms with Crippen molar-refractivity contribution < 1.29 is 21.8 Å². The van der Waals surface area contributed by atoms with Crippen LogP contribution in [0.2, 0.25) is 0 Å². The Balaban J connectivity index is 0.000000540. The van der Waals surface area contributed by atoms with Gasteiger partial charge in [0, 0.05) is 51.0 Å².